The largest absolute Gasteiger partial charge is 0.354 e. The van der Waals surface area contributed by atoms with Gasteiger partial charge in [0.2, 0.25) is 5.91 Å². The molecule has 2 atom stereocenters. The van der Waals surface area contributed by atoms with E-state index in [1.807, 2.05) is 17.8 Å². The Morgan fingerprint density at radius 1 is 1.56 bits per heavy atom. The number of hydrogen-bond donors (Lipinski definition) is 1. The minimum absolute atomic E-state index is 0.0300. The van der Waals surface area contributed by atoms with Crippen molar-refractivity contribution in [3.63, 3.8) is 0 Å². The van der Waals surface area contributed by atoms with Crippen molar-refractivity contribution in [3.05, 3.63) is 18.0 Å². The summed E-state index contributed by atoms with van der Waals surface area (Å²) >= 11 is 0. The highest BCUT2D eigenvalue weighted by atomic mass is 16.2. The fraction of sp³-hybridized carbons (Fsp3) is 0.647. The molecule has 1 aliphatic rings. The van der Waals surface area contributed by atoms with Crippen LogP contribution in [-0.2, 0) is 4.79 Å². The number of nitrogens with one attached hydrogen (secondary N) is 1. The van der Waals surface area contributed by atoms with Crippen LogP contribution in [0.25, 0.3) is 0 Å². The van der Waals surface area contributed by atoms with Gasteiger partial charge in [-0.05, 0) is 32.4 Å². The number of carbonyl (C=O) groups excluding carboxylic acids is 2. The van der Waals surface area contributed by atoms with Gasteiger partial charge in [-0.25, -0.2) is 0 Å². The number of nitrogens with zero attached hydrogens (tertiary/aromatic N) is 5. The number of likely N-dealkylation sites (N-methyl/N-ethyl adjacent to an activating group) is 1. The van der Waals surface area contributed by atoms with Crippen molar-refractivity contribution >= 4 is 11.8 Å². The van der Waals surface area contributed by atoms with E-state index in [4.69, 9.17) is 5.26 Å². The molecule has 8 heteroatoms. The quantitative estimate of drug-likeness (QED) is 0.816. The lowest BCUT2D eigenvalue weighted by Gasteiger charge is -2.37. The Morgan fingerprint density at radius 3 is 3.00 bits per heavy atom. The molecule has 1 N–H and O–H groups in total. The van der Waals surface area contributed by atoms with Gasteiger partial charge in [-0.2, -0.15) is 10.4 Å². The van der Waals surface area contributed by atoms with E-state index in [9.17, 15) is 9.59 Å². The van der Waals surface area contributed by atoms with Crippen LogP contribution in [0.3, 0.4) is 0 Å². The molecule has 0 saturated carbocycles. The molecular formula is C17H26N6O2. The van der Waals surface area contributed by atoms with Crippen LogP contribution in [-0.4, -0.2) is 71.2 Å². The van der Waals surface area contributed by atoms with E-state index >= 15 is 0 Å². The zero-order valence-corrected chi connectivity index (χ0v) is 15.1. The molecule has 2 heterocycles. The molecule has 2 rings (SSSR count). The normalized spacial score (nSPS) is 19.0. The van der Waals surface area contributed by atoms with Gasteiger partial charge in [0.05, 0.1) is 24.6 Å². The van der Waals surface area contributed by atoms with Crippen LogP contribution >= 0.6 is 0 Å². The number of hydrogen-bond acceptors (Lipinski definition) is 5. The van der Waals surface area contributed by atoms with Gasteiger partial charge in [0.1, 0.15) is 5.69 Å². The molecule has 25 heavy (non-hydrogen) atoms. The summed E-state index contributed by atoms with van der Waals surface area (Å²) in [6.45, 7) is 3.94. The third kappa shape index (κ3) is 4.57. The number of nitriles is 1. The Bertz CT molecular complexity index is 650. The van der Waals surface area contributed by atoms with Crippen molar-refractivity contribution < 1.29 is 9.59 Å². The Morgan fingerprint density at radius 2 is 2.32 bits per heavy atom. The van der Waals surface area contributed by atoms with E-state index < -0.39 is 0 Å². The van der Waals surface area contributed by atoms with Gasteiger partial charge >= 0.3 is 0 Å². The summed E-state index contributed by atoms with van der Waals surface area (Å²) in [6.07, 6.45) is 4.10. The van der Waals surface area contributed by atoms with Gasteiger partial charge < -0.3 is 10.2 Å². The van der Waals surface area contributed by atoms with Crippen LogP contribution in [0.4, 0.5) is 0 Å². The first-order valence-corrected chi connectivity index (χ1v) is 8.61. The number of likely N-dealkylation sites (tertiary alicyclic amines) is 1. The SMILES string of the molecule is CNC(=O)c1ccn([C@H]2CCCN([C@H](C)C(=O)N(C)CCC#N)C2)n1. The highest BCUT2D eigenvalue weighted by Crippen LogP contribution is 2.23. The van der Waals surface area contributed by atoms with Crippen molar-refractivity contribution in [3.8, 4) is 6.07 Å². The fourth-order valence-corrected chi connectivity index (χ4v) is 3.14. The summed E-state index contributed by atoms with van der Waals surface area (Å²) in [7, 11) is 3.32. The van der Waals surface area contributed by atoms with Crippen LogP contribution in [0.1, 0.15) is 42.7 Å². The maximum atomic E-state index is 12.5. The highest BCUT2D eigenvalue weighted by Gasteiger charge is 2.30. The second-order valence-corrected chi connectivity index (χ2v) is 6.39. The minimum atomic E-state index is -0.236. The Balaban J connectivity index is 2.00. The van der Waals surface area contributed by atoms with Gasteiger partial charge in [-0.15, -0.1) is 0 Å². The van der Waals surface area contributed by atoms with E-state index in [1.165, 1.54) is 0 Å². The lowest BCUT2D eigenvalue weighted by atomic mass is 10.0. The van der Waals surface area contributed by atoms with Gasteiger partial charge in [0.15, 0.2) is 0 Å². The van der Waals surface area contributed by atoms with E-state index in [-0.39, 0.29) is 23.9 Å². The third-order valence-corrected chi connectivity index (χ3v) is 4.71. The highest BCUT2D eigenvalue weighted by molar-refractivity contribution is 5.91. The number of aromatic nitrogens is 2. The van der Waals surface area contributed by atoms with E-state index in [1.54, 1.807) is 25.1 Å². The maximum absolute atomic E-state index is 12.5. The summed E-state index contributed by atoms with van der Waals surface area (Å²) in [6, 6.07) is 3.68. The zero-order chi connectivity index (χ0) is 18.4. The summed E-state index contributed by atoms with van der Waals surface area (Å²) in [4.78, 5) is 28.0. The summed E-state index contributed by atoms with van der Waals surface area (Å²) < 4.78 is 1.83. The second-order valence-electron chi connectivity index (χ2n) is 6.39. The van der Waals surface area contributed by atoms with Crippen molar-refractivity contribution in [1.29, 1.82) is 5.26 Å². The van der Waals surface area contributed by atoms with Crippen molar-refractivity contribution in [2.75, 3.05) is 33.7 Å². The molecule has 1 aliphatic heterocycles. The molecule has 1 aromatic heterocycles. The third-order valence-electron chi connectivity index (χ3n) is 4.71. The maximum Gasteiger partial charge on any atom is 0.271 e. The number of amides is 2. The molecule has 2 amide bonds. The lowest BCUT2D eigenvalue weighted by Crippen LogP contribution is -2.50. The fourth-order valence-electron chi connectivity index (χ4n) is 3.14. The molecule has 136 valence electrons. The van der Waals surface area contributed by atoms with Crippen molar-refractivity contribution in [1.82, 2.24) is 24.9 Å². The molecule has 8 nitrogen and oxygen atoms in total. The minimum Gasteiger partial charge on any atom is -0.354 e. The summed E-state index contributed by atoms with van der Waals surface area (Å²) in [5.41, 5.74) is 0.403. The van der Waals surface area contributed by atoms with E-state index in [2.05, 4.69) is 21.4 Å². The molecule has 0 aliphatic carbocycles. The molecule has 0 spiro atoms. The number of carbonyl (C=O) groups is 2. The first-order valence-electron chi connectivity index (χ1n) is 8.61. The average Bonchev–Trinajstić information content (AvgIpc) is 3.14. The summed E-state index contributed by atoms with van der Waals surface area (Å²) in [5.74, 6) is -0.170. The molecule has 0 radical (unpaired) electrons. The van der Waals surface area contributed by atoms with Gasteiger partial charge in [-0.3, -0.25) is 19.2 Å². The number of rotatable bonds is 6. The molecule has 1 fully saturated rings. The van der Waals surface area contributed by atoms with Crippen LogP contribution in [0.5, 0.6) is 0 Å². The molecule has 1 aromatic rings. The van der Waals surface area contributed by atoms with Crippen molar-refractivity contribution in [2.24, 2.45) is 0 Å². The standard InChI is InChI=1S/C17H26N6O2/c1-13(17(25)21(3)9-5-8-18)22-10-4-6-14(12-22)23-11-7-15(20-23)16(24)19-2/h7,11,13-14H,4-6,9-10,12H2,1-3H3,(H,19,24)/t13-,14+/m1/s1. The monoisotopic (exact) mass is 346 g/mol. The zero-order valence-electron chi connectivity index (χ0n) is 15.1. The first-order chi connectivity index (χ1) is 12.0. The molecule has 1 saturated heterocycles. The Labute approximate surface area is 148 Å². The predicted octanol–water partition coefficient (Wildman–Crippen LogP) is 0.640. The van der Waals surface area contributed by atoms with Crippen LogP contribution in [0.2, 0.25) is 0 Å². The van der Waals surface area contributed by atoms with Gasteiger partial charge in [-0.1, -0.05) is 0 Å². The van der Waals surface area contributed by atoms with Gasteiger partial charge in [0.25, 0.3) is 5.91 Å². The van der Waals surface area contributed by atoms with Crippen molar-refractivity contribution in [2.45, 2.75) is 38.3 Å². The summed E-state index contributed by atoms with van der Waals surface area (Å²) in [5, 5.41) is 15.6. The first kappa shape index (κ1) is 18.9. The van der Waals surface area contributed by atoms with Crippen LogP contribution in [0, 0.1) is 11.3 Å². The van der Waals surface area contributed by atoms with Crippen LogP contribution in [0.15, 0.2) is 12.3 Å². The average molecular weight is 346 g/mol. The molecule has 0 aromatic carbocycles. The van der Waals surface area contributed by atoms with E-state index in [0.29, 0.717) is 25.2 Å². The Hall–Kier alpha value is -2.40. The molecular weight excluding hydrogens is 320 g/mol. The second kappa shape index (κ2) is 8.62. The van der Waals surface area contributed by atoms with E-state index in [0.717, 1.165) is 19.4 Å². The number of piperidine rings is 1. The molecule has 0 bridgehead atoms. The van der Waals surface area contributed by atoms with Gasteiger partial charge in [0, 0.05) is 33.4 Å². The topological polar surface area (TPSA) is 94.3 Å². The lowest BCUT2D eigenvalue weighted by molar-refractivity contribution is -0.135. The van der Waals surface area contributed by atoms with Crippen LogP contribution < -0.4 is 5.32 Å². The molecule has 0 unspecified atom stereocenters. The Kier molecular flexibility index (Phi) is 6.53. The predicted molar refractivity (Wildman–Crippen MR) is 92.8 cm³/mol. The smallest absolute Gasteiger partial charge is 0.271 e.